The number of furan rings is 1. The Morgan fingerprint density at radius 2 is 2.23 bits per heavy atom. The zero-order valence-corrected chi connectivity index (χ0v) is 14.8. The van der Waals surface area contributed by atoms with Crippen molar-refractivity contribution in [1.82, 2.24) is 19.9 Å². The van der Waals surface area contributed by atoms with Crippen LogP contribution in [0.2, 0.25) is 5.02 Å². The van der Waals surface area contributed by atoms with Gasteiger partial charge in [0, 0.05) is 6.20 Å². The Labute approximate surface area is 154 Å². The van der Waals surface area contributed by atoms with Crippen LogP contribution in [0.25, 0.3) is 5.65 Å². The Morgan fingerprint density at radius 3 is 2.88 bits per heavy atom. The Morgan fingerprint density at radius 1 is 1.46 bits per heavy atom. The normalized spacial score (nSPS) is 13.1. The van der Waals surface area contributed by atoms with Crippen LogP contribution >= 0.6 is 23.4 Å². The van der Waals surface area contributed by atoms with E-state index in [-0.39, 0.29) is 28.3 Å². The van der Waals surface area contributed by atoms with Gasteiger partial charge in [0.05, 0.1) is 28.6 Å². The number of nitrogens with one attached hydrogen (secondary N) is 1. The molecule has 0 bridgehead atoms. The van der Waals surface area contributed by atoms with Crippen LogP contribution in [-0.4, -0.2) is 25.8 Å². The molecule has 0 unspecified atom stereocenters. The lowest BCUT2D eigenvalue weighted by Crippen LogP contribution is -2.30. The number of carbonyl (C=O) groups is 1. The molecular weight excluding hydrogens is 393 g/mol. The van der Waals surface area contributed by atoms with Gasteiger partial charge in [0.15, 0.2) is 10.8 Å². The molecule has 3 rings (SSSR count). The molecule has 6 nitrogen and oxygen atoms in total. The van der Waals surface area contributed by atoms with E-state index in [1.807, 2.05) is 0 Å². The fourth-order valence-electron chi connectivity index (χ4n) is 2.11. The summed E-state index contributed by atoms with van der Waals surface area (Å²) in [5, 5.41) is 9.64. The van der Waals surface area contributed by atoms with Crippen LogP contribution in [0, 0.1) is 0 Å². The molecule has 0 aromatic carbocycles. The van der Waals surface area contributed by atoms with Crippen molar-refractivity contribution in [3.63, 3.8) is 0 Å². The molecule has 0 saturated heterocycles. The van der Waals surface area contributed by atoms with Gasteiger partial charge in [-0.3, -0.25) is 9.20 Å². The quantitative estimate of drug-likeness (QED) is 0.655. The number of alkyl halides is 3. The third-order valence-corrected chi connectivity index (χ3v) is 4.76. The number of fused-ring (bicyclic) bond motifs is 1. The van der Waals surface area contributed by atoms with Gasteiger partial charge >= 0.3 is 6.18 Å². The first-order valence-corrected chi connectivity index (χ1v) is 8.59. The largest absolute Gasteiger partial charge is 0.467 e. The fourth-order valence-corrected chi connectivity index (χ4v) is 3.21. The monoisotopic (exact) mass is 404 g/mol. The van der Waals surface area contributed by atoms with Crippen molar-refractivity contribution in [2.75, 3.05) is 0 Å². The minimum absolute atomic E-state index is 0.0883. The average Bonchev–Trinajstić information content (AvgIpc) is 3.22. The van der Waals surface area contributed by atoms with Gasteiger partial charge in [0.25, 0.3) is 0 Å². The van der Waals surface area contributed by atoms with E-state index in [1.165, 1.54) is 6.26 Å². The Kier molecular flexibility index (Phi) is 5.15. The van der Waals surface area contributed by atoms with Crippen molar-refractivity contribution in [2.24, 2.45) is 0 Å². The van der Waals surface area contributed by atoms with Gasteiger partial charge in [0.2, 0.25) is 5.91 Å². The van der Waals surface area contributed by atoms with Crippen LogP contribution in [0.3, 0.4) is 0 Å². The maximum atomic E-state index is 13.0. The second-order valence-electron chi connectivity index (χ2n) is 5.31. The summed E-state index contributed by atoms with van der Waals surface area (Å²) in [7, 11) is 0. The van der Waals surface area contributed by atoms with Crippen molar-refractivity contribution in [2.45, 2.75) is 30.1 Å². The van der Waals surface area contributed by atoms with Crippen molar-refractivity contribution < 1.29 is 22.4 Å². The molecule has 0 aliphatic carbocycles. The van der Waals surface area contributed by atoms with Crippen LogP contribution in [0.1, 0.15) is 18.2 Å². The first-order chi connectivity index (χ1) is 12.3. The standard InChI is InChI=1S/C15H12ClF3N4O2S/c1-8(13(24)20-6-10-3-2-4-25-10)26-14-22-21-12-11(16)5-9(7-23(12)14)15(17,18)19/h2-5,7-8H,6H2,1H3,(H,20,24)/t8-/m0/s1. The molecule has 0 fully saturated rings. The Hall–Kier alpha value is -2.20. The van der Waals surface area contributed by atoms with Crippen molar-refractivity contribution in [1.29, 1.82) is 0 Å². The van der Waals surface area contributed by atoms with Gasteiger partial charge in [-0.25, -0.2) is 0 Å². The minimum Gasteiger partial charge on any atom is -0.467 e. The van der Waals surface area contributed by atoms with Crippen LogP contribution in [0.15, 0.2) is 40.2 Å². The first-order valence-electron chi connectivity index (χ1n) is 7.34. The number of nitrogens with zero attached hydrogens (tertiary/aromatic N) is 3. The maximum Gasteiger partial charge on any atom is 0.417 e. The molecule has 26 heavy (non-hydrogen) atoms. The molecule has 1 N–H and O–H groups in total. The first kappa shape index (κ1) is 18.6. The van der Waals surface area contributed by atoms with Gasteiger partial charge < -0.3 is 9.73 Å². The Bertz CT molecular complexity index is 927. The van der Waals surface area contributed by atoms with Gasteiger partial charge in [-0.2, -0.15) is 13.2 Å². The maximum absolute atomic E-state index is 13.0. The van der Waals surface area contributed by atoms with E-state index >= 15 is 0 Å². The topological polar surface area (TPSA) is 72.4 Å². The van der Waals surface area contributed by atoms with E-state index in [0.29, 0.717) is 5.76 Å². The highest BCUT2D eigenvalue weighted by Crippen LogP contribution is 2.33. The van der Waals surface area contributed by atoms with Gasteiger partial charge in [-0.1, -0.05) is 23.4 Å². The van der Waals surface area contributed by atoms with Crippen molar-refractivity contribution >= 4 is 34.9 Å². The van der Waals surface area contributed by atoms with E-state index in [2.05, 4.69) is 15.5 Å². The number of amides is 1. The van der Waals surface area contributed by atoms with E-state index in [0.717, 1.165) is 28.4 Å². The molecule has 1 amide bonds. The van der Waals surface area contributed by atoms with Gasteiger partial charge in [-0.15, -0.1) is 10.2 Å². The second kappa shape index (κ2) is 7.20. The summed E-state index contributed by atoms with van der Waals surface area (Å²) in [6.45, 7) is 1.82. The smallest absolute Gasteiger partial charge is 0.417 e. The molecule has 1 atom stereocenters. The third-order valence-electron chi connectivity index (χ3n) is 3.42. The Balaban J connectivity index is 1.77. The highest BCUT2D eigenvalue weighted by atomic mass is 35.5. The highest BCUT2D eigenvalue weighted by Gasteiger charge is 2.32. The lowest BCUT2D eigenvalue weighted by Gasteiger charge is -2.11. The number of hydrogen-bond acceptors (Lipinski definition) is 5. The molecule has 3 heterocycles. The molecule has 0 saturated carbocycles. The van der Waals surface area contributed by atoms with Gasteiger partial charge in [-0.05, 0) is 25.1 Å². The summed E-state index contributed by atoms with van der Waals surface area (Å²) in [6, 6.07) is 4.20. The summed E-state index contributed by atoms with van der Waals surface area (Å²) in [5.74, 6) is 0.270. The fraction of sp³-hybridized carbons (Fsp3) is 0.267. The average molecular weight is 405 g/mol. The molecule has 0 aliphatic rings. The van der Waals surface area contributed by atoms with E-state index in [4.69, 9.17) is 16.0 Å². The van der Waals surface area contributed by atoms with E-state index in [1.54, 1.807) is 19.1 Å². The molecule has 3 aromatic rings. The number of carbonyl (C=O) groups excluding carboxylic acids is 1. The van der Waals surface area contributed by atoms with Crippen LogP contribution in [0.5, 0.6) is 0 Å². The van der Waals surface area contributed by atoms with E-state index < -0.39 is 17.0 Å². The predicted molar refractivity (Wildman–Crippen MR) is 88.9 cm³/mol. The molecular formula is C15H12ClF3N4O2S. The number of thioether (sulfide) groups is 1. The summed E-state index contributed by atoms with van der Waals surface area (Å²) in [6.07, 6.45) is -2.21. The van der Waals surface area contributed by atoms with Gasteiger partial charge in [0.1, 0.15) is 5.76 Å². The zero-order chi connectivity index (χ0) is 18.9. The molecule has 138 valence electrons. The number of halogens is 4. The van der Waals surface area contributed by atoms with Crippen molar-refractivity contribution in [3.8, 4) is 0 Å². The number of rotatable bonds is 5. The molecule has 0 radical (unpaired) electrons. The molecule has 0 aliphatic heterocycles. The highest BCUT2D eigenvalue weighted by molar-refractivity contribution is 8.00. The number of aromatic nitrogens is 3. The zero-order valence-electron chi connectivity index (χ0n) is 13.2. The van der Waals surface area contributed by atoms with Crippen LogP contribution < -0.4 is 5.32 Å². The lowest BCUT2D eigenvalue weighted by molar-refractivity contribution is -0.137. The van der Waals surface area contributed by atoms with Crippen LogP contribution in [-0.2, 0) is 17.5 Å². The molecule has 11 heteroatoms. The van der Waals surface area contributed by atoms with Crippen LogP contribution in [0.4, 0.5) is 13.2 Å². The summed E-state index contributed by atoms with van der Waals surface area (Å²) in [5.41, 5.74) is -0.836. The SMILES string of the molecule is C[C@H](Sc1nnc2c(Cl)cc(C(F)(F)F)cn12)C(=O)NCc1ccco1. The summed E-state index contributed by atoms with van der Waals surface area (Å²) in [4.78, 5) is 12.2. The minimum atomic E-state index is -4.56. The predicted octanol–water partition coefficient (Wildman–Crippen LogP) is 3.79. The third kappa shape index (κ3) is 3.96. The van der Waals surface area contributed by atoms with Crippen molar-refractivity contribution in [3.05, 3.63) is 47.0 Å². The summed E-state index contributed by atoms with van der Waals surface area (Å²) >= 11 is 6.84. The summed E-state index contributed by atoms with van der Waals surface area (Å²) < 4.78 is 45.1. The molecule has 3 aromatic heterocycles. The van der Waals surface area contributed by atoms with E-state index in [9.17, 15) is 18.0 Å². The number of pyridine rings is 1. The molecule has 0 spiro atoms. The lowest BCUT2D eigenvalue weighted by atomic mass is 10.3. The number of hydrogen-bond donors (Lipinski definition) is 1. The second-order valence-corrected chi connectivity index (χ2v) is 7.02.